The topological polar surface area (TPSA) is 41.7 Å². The molecule has 30 heavy (non-hydrogen) atoms. The van der Waals surface area contributed by atoms with Crippen molar-refractivity contribution in [3.05, 3.63) is 78.0 Å². The fourth-order valence-electron chi connectivity index (χ4n) is 3.95. The molecule has 5 heteroatoms. The van der Waals surface area contributed by atoms with Gasteiger partial charge in [-0.25, -0.2) is 4.98 Å². The first-order valence-electron chi connectivity index (χ1n) is 11.0. The molecule has 0 radical (unpaired) electrons. The molecule has 2 aromatic carbocycles. The smallest absolute Gasteiger partial charge is 0.194 e. The van der Waals surface area contributed by atoms with E-state index < -0.39 is 0 Å². The summed E-state index contributed by atoms with van der Waals surface area (Å²) in [6, 6.07) is 18.8. The Morgan fingerprint density at radius 1 is 0.967 bits per heavy atom. The molecule has 0 saturated carbocycles. The monoisotopic (exact) mass is 405 g/mol. The van der Waals surface area contributed by atoms with Crippen LogP contribution in [0.5, 0.6) is 5.75 Å². The minimum absolute atomic E-state index is 0.708. The molecule has 1 aliphatic heterocycles. The molecule has 0 bridgehead atoms. The highest BCUT2D eigenvalue weighted by Gasteiger charge is 2.17. The van der Waals surface area contributed by atoms with Gasteiger partial charge < -0.3 is 14.1 Å². The van der Waals surface area contributed by atoms with Gasteiger partial charge in [0.1, 0.15) is 11.5 Å². The van der Waals surface area contributed by atoms with Gasteiger partial charge in [-0.15, -0.1) is 0 Å². The summed E-state index contributed by atoms with van der Waals surface area (Å²) < 4.78 is 11.5. The molecule has 0 spiro atoms. The van der Waals surface area contributed by atoms with Gasteiger partial charge in [0.05, 0.1) is 12.8 Å². The molecule has 5 nitrogen and oxygen atoms in total. The van der Waals surface area contributed by atoms with Gasteiger partial charge in [-0.1, -0.05) is 30.3 Å². The van der Waals surface area contributed by atoms with Gasteiger partial charge >= 0.3 is 0 Å². The molecular weight excluding hydrogens is 374 g/mol. The first kappa shape index (κ1) is 20.5. The van der Waals surface area contributed by atoms with E-state index in [1.54, 1.807) is 0 Å². The number of hydrogen-bond acceptors (Lipinski definition) is 5. The first-order valence-corrected chi connectivity index (χ1v) is 11.0. The Hall–Kier alpha value is -2.79. The van der Waals surface area contributed by atoms with Crippen molar-refractivity contribution in [2.75, 3.05) is 44.2 Å². The lowest BCUT2D eigenvalue weighted by atomic mass is 10.1. The molecule has 0 aliphatic carbocycles. The molecule has 1 saturated heterocycles. The van der Waals surface area contributed by atoms with Crippen LogP contribution in [-0.2, 0) is 12.8 Å². The molecular formula is C25H31N3O2. The van der Waals surface area contributed by atoms with Crippen molar-refractivity contribution in [1.82, 2.24) is 9.88 Å². The van der Waals surface area contributed by atoms with Crippen LogP contribution in [0.25, 0.3) is 0 Å². The largest absolute Gasteiger partial charge is 0.494 e. The number of piperazine rings is 1. The van der Waals surface area contributed by atoms with Gasteiger partial charge in [-0.05, 0) is 49.7 Å². The van der Waals surface area contributed by atoms with E-state index in [9.17, 15) is 0 Å². The summed E-state index contributed by atoms with van der Waals surface area (Å²) in [7, 11) is 0. The summed E-state index contributed by atoms with van der Waals surface area (Å²) in [6.45, 7) is 8.13. The molecule has 158 valence electrons. The number of ether oxygens (including phenoxy) is 1. The molecule has 0 unspecified atom stereocenters. The number of aryl methyl sites for hydroxylation is 1. The summed E-state index contributed by atoms with van der Waals surface area (Å²) in [5.74, 6) is 2.74. The number of aromatic nitrogens is 1. The third-order valence-corrected chi connectivity index (χ3v) is 5.57. The average Bonchev–Trinajstić information content (AvgIpc) is 3.23. The quantitative estimate of drug-likeness (QED) is 0.527. The lowest BCUT2D eigenvalue weighted by Crippen LogP contribution is -2.46. The van der Waals surface area contributed by atoms with E-state index in [0.29, 0.717) is 6.61 Å². The highest BCUT2D eigenvalue weighted by atomic mass is 16.5. The van der Waals surface area contributed by atoms with Crippen LogP contribution in [-0.4, -0.2) is 49.2 Å². The number of anilines is 1. The van der Waals surface area contributed by atoms with Gasteiger partial charge in [0, 0.05) is 44.7 Å². The molecule has 3 aromatic rings. The molecule has 0 amide bonds. The van der Waals surface area contributed by atoms with Crippen molar-refractivity contribution in [3.63, 3.8) is 0 Å². The van der Waals surface area contributed by atoms with Gasteiger partial charge in [-0.2, -0.15) is 0 Å². The van der Waals surface area contributed by atoms with Crippen LogP contribution in [0.2, 0.25) is 0 Å². The Kier molecular flexibility index (Phi) is 7.03. The highest BCUT2D eigenvalue weighted by Crippen LogP contribution is 2.21. The molecule has 0 atom stereocenters. The zero-order valence-corrected chi connectivity index (χ0v) is 17.8. The summed E-state index contributed by atoms with van der Waals surface area (Å²) in [5.41, 5.74) is 2.54. The number of rotatable bonds is 9. The molecule has 1 aromatic heterocycles. The van der Waals surface area contributed by atoms with Crippen molar-refractivity contribution in [2.24, 2.45) is 0 Å². The number of hydrogen-bond donors (Lipinski definition) is 0. The maximum atomic E-state index is 5.93. The van der Waals surface area contributed by atoms with Crippen LogP contribution >= 0.6 is 0 Å². The second kappa shape index (κ2) is 10.3. The fraction of sp³-hybridized carbons (Fsp3) is 0.400. The van der Waals surface area contributed by atoms with Crippen LogP contribution in [0.4, 0.5) is 5.69 Å². The molecule has 2 heterocycles. The first-order chi connectivity index (χ1) is 14.8. The molecule has 1 fully saturated rings. The van der Waals surface area contributed by atoms with E-state index in [2.05, 4.69) is 63.3 Å². The summed E-state index contributed by atoms with van der Waals surface area (Å²) in [4.78, 5) is 9.46. The Bertz CT molecular complexity index is 884. The second-order valence-electron chi connectivity index (χ2n) is 7.74. The number of nitrogens with zero attached hydrogens (tertiary/aromatic N) is 3. The van der Waals surface area contributed by atoms with E-state index in [1.165, 1.54) is 11.3 Å². The van der Waals surface area contributed by atoms with Crippen molar-refractivity contribution < 1.29 is 9.15 Å². The maximum Gasteiger partial charge on any atom is 0.194 e. The third-order valence-electron chi connectivity index (χ3n) is 5.57. The maximum absolute atomic E-state index is 5.93. The minimum atomic E-state index is 0.708. The van der Waals surface area contributed by atoms with Crippen molar-refractivity contribution in [2.45, 2.75) is 26.2 Å². The Morgan fingerprint density at radius 2 is 1.73 bits per heavy atom. The predicted molar refractivity (Wildman–Crippen MR) is 120 cm³/mol. The lowest BCUT2D eigenvalue weighted by molar-refractivity contribution is 0.252. The van der Waals surface area contributed by atoms with Gasteiger partial charge in [-0.3, -0.25) is 4.90 Å². The standard InChI is InChI=1S/C25H31N3O2/c1-2-29-23-12-10-22(11-13-23)28-17-15-27(16-18-28)14-6-9-25-26-20-24(30-25)19-21-7-4-3-5-8-21/h3-5,7-8,10-13,20H,2,6,9,14-19H2,1H3. The van der Waals surface area contributed by atoms with Gasteiger partial charge in [0.2, 0.25) is 0 Å². The molecule has 4 rings (SSSR count). The van der Waals surface area contributed by atoms with E-state index in [4.69, 9.17) is 9.15 Å². The zero-order chi connectivity index (χ0) is 20.6. The normalized spacial score (nSPS) is 14.8. The van der Waals surface area contributed by atoms with Crippen molar-refractivity contribution in [1.29, 1.82) is 0 Å². The lowest BCUT2D eigenvalue weighted by Gasteiger charge is -2.36. The van der Waals surface area contributed by atoms with Gasteiger partial charge in [0.15, 0.2) is 5.89 Å². The summed E-state index contributed by atoms with van der Waals surface area (Å²) >= 11 is 0. The SMILES string of the molecule is CCOc1ccc(N2CCN(CCCc3ncc(Cc4ccccc4)o3)CC2)cc1. The minimum Gasteiger partial charge on any atom is -0.494 e. The van der Waals surface area contributed by atoms with Crippen LogP contribution in [0.3, 0.4) is 0 Å². The van der Waals surface area contributed by atoms with E-state index in [1.807, 2.05) is 19.2 Å². The number of benzene rings is 2. The second-order valence-corrected chi connectivity index (χ2v) is 7.74. The fourth-order valence-corrected chi connectivity index (χ4v) is 3.95. The predicted octanol–water partition coefficient (Wildman–Crippen LogP) is 4.42. The Labute approximate surface area is 179 Å². The molecule has 1 aliphatic rings. The number of oxazole rings is 1. The van der Waals surface area contributed by atoms with E-state index in [0.717, 1.165) is 69.4 Å². The van der Waals surface area contributed by atoms with Crippen LogP contribution in [0.1, 0.15) is 30.6 Å². The van der Waals surface area contributed by atoms with Crippen LogP contribution in [0, 0.1) is 0 Å². The van der Waals surface area contributed by atoms with E-state index >= 15 is 0 Å². The summed E-state index contributed by atoms with van der Waals surface area (Å²) in [5, 5.41) is 0. The summed E-state index contributed by atoms with van der Waals surface area (Å²) in [6.07, 6.45) is 4.65. The van der Waals surface area contributed by atoms with Crippen molar-refractivity contribution >= 4 is 5.69 Å². The van der Waals surface area contributed by atoms with Gasteiger partial charge in [0.25, 0.3) is 0 Å². The zero-order valence-electron chi connectivity index (χ0n) is 17.8. The van der Waals surface area contributed by atoms with Crippen LogP contribution in [0.15, 0.2) is 65.2 Å². The molecule has 0 N–H and O–H groups in total. The Balaban J connectivity index is 1.17. The Morgan fingerprint density at radius 3 is 2.47 bits per heavy atom. The average molecular weight is 406 g/mol. The third kappa shape index (κ3) is 5.63. The van der Waals surface area contributed by atoms with E-state index in [-0.39, 0.29) is 0 Å². The van der Waals surface area contributed by atoms with Crippen molar-refractivity contribution in [3.8, 4) is 5.75 Å². The highest BCUT2D eigenvalue weighted by molar-refractivity contribution is 5.49. The van der Waals surface area contributed by atoms with Crippen LogP contribution < -0.4 is 9.64 Å².